The van der Waals surface area contributed by atoms with Crippen molar-refractivity contribution in [2.24, 2.45) is 0 Å². The zero-order chi connectivity index (χ0) is 15.1. The highest BCUT2D eigenvalue weighted by Gasteiger charge is 2.22. The molecule has 0 spiro atoms. The molecule has 1 aliphatic heterocycles. The van der Waals surface area contributed by atoms with E-state index in [0.29, 0.717) is 25.3 Å². The van der Waals surface area contributed by atoms with Gasteiger partial charge in [0.1, 0.15) is 0 Å². The minimum Gasteiger partial charge on any atom is -0.481 e. The van der Waals surface area contributed by atoms with Crippen LogP contribution in [0.25, 0.3) is 0 Å². The molecule has 1 aromatic rings. The zero-order valence-electron chi connectivity index (χ0n) is 11.7. The Morgan fingerprint density at radius 1 is 1.38 bits per heavy atom. The summed E-state index contributed by atoms with van der Waals surface area (Å²) in [5, 5.41) is 11.3. The van der Waals surface area contributed by atoms with Gasteiger partial charge in [-0.25, -0.2) is 0 Å². The Morgan fingerprint density at radius 2 is 2.19 bits per heavy atom. The number of thioether (sulfide) groups is 1. The number of benzene rings is 1. The van der Waals surface area contributed by atoms with Crippen LogP contribution in [0.4, 0.5) is 0 Å². The van der Waals surface area contributed by atoms with Gasteiger partial charge in [0.05, 0.1) is 24.9 Å². The summed E-state index contributed by atoms with van der Waals surface area (Å²) in [4.78, 5) is 22.3. The number of fused-ring (bicyclic) bond motifs is 1. The van der Waals surface area contributed by atoms with Crippen LogP contribution >= 0.6 is 11.8 Å². The van der Waals surface area contributed by atoms with Gasteiger partial charge in [-0.15, -0.1) is 11.8 Å². The van der Waals surface area contributed by atoms with Gasteiger partial charge in [-0.1, -0.05) is 24.3 Å². The van der Waals surface area contributed by atoms with Gasteiger partial charge >= 0.3 is 5.97 Å². The molecule has 114 valence electrons. The molecule has 0 saturated heterocycles. The molecule has 5 nitrogen and oxygen atoms in total. The maximum Gasteiger partial charge on any atom is 0.313 e. The van der Waals surface area contributed by atoms with E-state index >= 15 is 0 Å². The van der Waals surface area contributed by atoms with Gasteiger partial charge < -0.3 is 15.2 Å². The first-order chi connectivity index (χ1) is 10.2. The third-order valence-electron chi connectivity index (χ3n) is 3.26. The Kier molecular flexibility index (Phi) is 6.07. The quantitative estimate of drug-likeness (QED) is 0.749. The predicted octanol–water partition coefficient (Wildman–Crippen LogP) is 1.62. The second-order valence-electron chi connectivity index (χ2n) is 4.81. The van der Waals surface area contributed by atoms with Crippen LogP contribution in [0, 0.1) is 0 Å². The van der Waals surface area contributed by atoms with Crippen molar-refractivity contribution in [3.8, 4) is 0 Å². The largest absolute Gasteiger partial charge is 0.481 e. The molecular weight excluding hydrogens is 290 g/mol. The van der Waals surface area contributed by atoms with Gasteiger partial charge in [0.25, 0.3) is 0 Å². The third kappa shape index (κ3) is 5.06. The smallest absolute Gasteiger partial charge is 0.313 e. The fourth-order valence-electron chi connectivity index (χ4n) is 2.31. The molecule has 0 radical (unpaired) electrons. The van der Waals surface area contributed by atoms with E-state index < -0.39 is 5.97 Å². The lowest BCUT2D eigenvalue weighted by atomic mass is 9.96. The Labute approximate surface area is 128 Å². The second kappa shape index (κ2) is 8.05. The van der Waals surface area contributed by atoms with Gasteiger partial charge in [-0.2, -0.15) is 0 Å². The molecule has 0 fully saturated rings. The van der Waals surface area contributed by atoms with Crippen molar-refractivity contribution < 1.29 is 19.4 Å². The number of hydrogen-bond acceptors (Lipinski definition) is 4. The molecule has 1 heterocycles. The molecule has 2 N–H and O–H groups in total. The summed E-state index contributed by atoms with van der Waals surface area (Å²) in [5.74, 6) is -0.235. The van der Waals surface area contributed by atoms with Gasteiger partial charge in [-0.3, -0.25) is 9.59 Å². The number of nitrogens with one attached hydrogen (secondary N) is 1. The van der Waals surface area contributed by atoms with Crippen LogP contribution in [0.1, 0.15) is 23.7 Å². The van der Waals surface area contributed by atoms with Crippen molar-refractivity contribution in [1.82, 2.24) is 5.32 Å². The number of carbonyl (C=O) groups excluding carboxylic acids is 1. The monoisotopic (exact) mass is 309 g/mol. The maximum absolute atomic E-state index is 11.9. The number of carbonyl (C=O) groups is 2. The molecule has 1 amide bonds. The van der Waals surface area contributed by atoms with Crippen molar-refractivity contribution in [1.29, 1.82) is 0 Å². The zero-order valence-corrected chi connectivity index (χ0v) is 12.5. The fourth-order valence-corrected chi connectivity index (χ4v) is 2.87. The number of ether oxygens (including phenoxy) is 1. The first kappa shape index (κ1) is 15.9. The van der Waals surface area contributed by atoms with E-state index in [-0.39, 0.29) is 17.8 Å². The predicted molar refractivity (Wildman–Crippen MR) is 81.4 cm³/mol. The fraction of sp³-hybridized carbons (Fsp3) is 0.467. The van der Waals surface area contributed by atoms with Gasteiger partial charge in [0.15, 0.2) is 0 Å². The molecule has 0 saturated carbocycles. The molecule has 21 heavy (non-hydrogen) atoms. The van der Waals surface area contributed by atoms with E-state index in [1.165, 1.54) is 17.3 Å². The Balaban J connectivity index is 1.75. The van der Waals surface area contributed by atoms with Crippen LogP contribution in [0.5, 0.6) is 0 Å². The highest BCUT2D eigenvalue weighted by molar-refractivity contribution is 7.99. The van der Waals surface area contributed by atoms with Crippen LogP contribution in [0.3, 0.4) is 0 Å². The number of hydrogen-bond donors (Lipinski definition) is 2. The molecule has 1 unspecified atom stereocenters. The summed E-state index contributed by atoms with van der Waals surface area (Å²) in [7, 11) is 0. The summed E-state index contributed by atoms with van der Waals surface area (Å²) < 4.78 is 5.69. The normalized spacial score (nSPS) is 17.0. The molecular formula is C15H19NO4S. The van der Waals surface area contributed by atoms with Crippen LogP contribution < -0.4 is 5.32 Å². The van der Waals surface area contributed by atoms with E-state index in [1.54, 1.807) is 0 Å². The Hall–Kier alpha value is -1.53. The molecule has 0 bridgehead atoms. The summed E-state index contributed by atoms with van der Waals surface area (Å²) in [5.41, 5.74) is 2.35. The van der Waals surface area contributed by atoms with Crippen LogP contribution in [0.15, 0.2) is 24.3 Å². The molecule has 6 heteroatoms. The average molecular weight is 309 g/mol. The Morgan fingerprint density at radius 3 is 3.00 bits per heavy atom. The lowest BCUT2D eigenvalue weighted by molar-refractivity contribution is -0.134. The first-order valence-electron chi connectivity index (χ1n) is 6.92. The molecule has 1 atom stereocenters. The van der Waals surface area contributed by atoms with Crippen LogP contribution in [-0.4, -0.2) is 41.6 Å². The van der Waals surface area contributed by atoms with Crippen molar-refractivity contribution in [3.63, 3.8) is 0 Å². The minimum absolute atomic E-state index is 0.0624. The standard InChI is InChI=1S/C15H19NO4S/c17-14(16-6-8-21-10-15(18)19)9-13-12-4-2-1-3-11(12)5-7-20-13/h1-4,13H,5-10H2,(H,16,17)(H,18,19). The molecule has 0 aromatic heterocycles. The Bertz CT molecular complexity index is 506. The summed E-state index contributed by atoms with van der Waals surface area (Å²) in [6, 6.07) is 8.04. The summed E-state index contributed by atoms with van der Waals surface area (Å²) in [6.07, 6.45) is 1.02. The van der Waals surface area contributed by atoms with Gasteiger partial charge in [0, 0.05) is 12.3 Å². The highest BCUT2D eigenvalue weighted by atomic mass is 32.2. The van der Waals surface area contributed by atoms with Crippen LogP contribution in [0.2, 0.25) is 0 Å². The number of carboxylic acids is 1. The van der Waals surface area contributed by atoms with Crippen molar-refractivity contribution >= 4 is 23.6 Å². The SMILES string of the molecule is O=C(O)CSCCNC(=O)CC1OCCc2ccccc21. The van der Waals surface area contributed by atoms with Crippen molar-refractivity contribution in [3.05, 3.63) is 35.4 Å². The van der Waals surface area contributed by atoms with Gasteiger partial charge in [0.2, 0.25) is 5.91 Å². The third-order valence-corrected chi connectivity index (χ3v) is 4.20. The highest BCUT2D eigenvalue weighted by Crippen LogP contribution is 2.29. The summed E-state index contributed by atoms with van der Waals surface area (Å²) in [6.45, 7) is 1.12. The van der Waals surface area contributed by atoms with Crippen molar-refractivity contribution in [2.75, 3.05) is 24.7 Å². The average Bonchev–Trinajstić information content (AvgIpc) is 2.47. The van der Waals surface area contributed by atoms with E-state index in [0.717, 1.165) is 12.0 Å². The molecule has 0 aliphatic carbocycles. The number of aliphatic carboxylic acids is 1. The molecule has 1 aliphatic rings. The number of amides is 1. The van der Waals surface area contributed by atoms with Crippen molar-refractivity contribution in [2.45, 2.75) is 18.9 Å². The minimum atomic E-state index is -0.835. The molecule has 1 aromatic carbocycles. The second-order valence-corrected chi connectivity index (χ2v) is 5.91. The summed E-state index contributed by atoms with van der Waals surface area (Å²) >= 11 is 1.29. The maximum atomic E-state index is 11.9. The number of rotatable bonds is 7. The lowest BCUT2D eigenvalue weighted by Crippen LogP contribution is -2.29. The van der Waals surface area contributed by atoms with Gasteiger partial charge in [-0.05, 0) is 17.5 Å². The van der Waals surface area contributed by atoms with E-state index in [1.807, 2.05) is 18.2 Å². The number of carboxylic acid groups (broad SMARTS) is 1. The van der Waals surface area contributed by atoms with E-state index in [2.05, 4.69) is 11.4 Å². The topological polar surface area (TPSA) is 75.6 Å². The first-order valence-corrected chi connectivity index (χ1v) is 8.08. The van der Waals surface area contributed by atoms with Crippen LogP contribution in [-0.2, 0) is 20.7 Å². The molecule has 2 rings (SSSR count). The lowest BCUT2D eigenvalue weighted by Gasteiger charge is -2.25. The van der Waals surface area contributed by atoms with E-state index in [4.69, 9.17) is 9.84 Å². The van der Waals surface area contributed by atoms with E-state index in [9.17, 15) is 9.59 Å².